The van der Waals surface area contributed by atoms with E-state index in [2.05, 4.69) is 46.5 Å². The highest BCUT2D eigenvalue weighted by Gasteiger charge is 2.32. The lowest BCUT2D eigenvalue weighted by atomic mass is 10.0. The third-order valence-corrected chi connectivity index (χ3v) is 4.54. The van der Waals surface area contributed by atoms with Gasteiger partial charge in [0.05, 0.1) is 12.2 Å². The second-order valence-corrected chi connectivity index (χ2v) is 7.41. The fourth-order valence-corrected chi connectivity index (χ4v) is 3.22. The van der Waals surface area contributed by atoms with E-state index in [1.54, 1.807) is 18.2 Å². The quantitative estimate of drug-likeness (QED) is 0.657. The van der Waals surface area contributed by atoms with E-state index >= 15 is 0 Å². The molecule has 0 bridgehead atoms. The Kier molecular flexibility index (Phi) is 5.35. The van der Waals surface area contributed by atoms with E-state index in [4.69, 9.17) is 9.47 Å². The zero-order valence-corrected chi connectivity index (χ0v) is 16.8. The maximum absolute atomic E-state index is 12.3. The number of fused-ring (bicyclic) bond motifs is 1. The van der Waals surface area contributed by atoms with Crippen LogP contribution in [0.3, 0.4) is 0 Å². The third kappa shape index (κ3) is 4.41. The zero-order chi connectivity index (χ0) is 21.0. The molecule has 152 valence electrons. The Bertz CT molecular complexity index is 1110. The van der Waals surface area contributed by atoms with E-state index in [1.165, 1.54) is 11.0 Å². The molecule has 8 nitrogen and oxygen atoms in total. The highest BCUT2D eigenvalue weighted by molar-refractivity contribution is 5.94. The number of carbonyl (C=O) groups is 1. The van der Waals surface area contributed by atoms with E-state index < -0.39 is 0 Å². The number of hydrogen-bond acceptors (Lipinski definition) is 6. The maximum atomic E-state index is 12.3. The van der Waals surface area contributed by atoms with E-state index in [0.29, 0.717) is 17.0 Å². The first kappa shape index (κ1) is 19.5. The standard InChI is InChI=1S/C22H21N5O3/c1-22(2)14-17-8-6-10-19(20(17)30-22)29-12-4-3-11-23-21(28)16-7-5-9-18(13-16)27-15-24-25-26-27/h5-10,13,15H,11-12,14H2,1-2H3,(H,23,28). The molecule has 0 saturated heterocycles. The van der Waals surface area contributed by atoms with Gasteiger partial charge < -0.3 is 14.8 Å². The van der Waals surface area contributed by atoms with Crippen LogP contribution >= 0.6 is 0 Å². The predicted octanol–water partition coefficient (Wildman–Crippen LogP) is 2.19. The Hall–Kier alpha value is -3.86. The number of para-hydroxylation sites is 1. The van der Waals surface area contributed by atoms with Gasteiger partial charge in [-0.1, -0.05) is 30.0 Å². The van der Waals surface area contributed by atoms with Crippen molar-refractivity contribution in [3.8, 4) is 29.0 Å². The number of aromatic nitrogens is 4. The van der Waals surface area contributed by atoms with E-state index in [9.17, 15) is 4.79 Å². The number of benzene rings is 2. The van der Waals surface area contributed by atoms with Gasteiger partial charge in [0.1, 0.15) is 18.5 Å². The summed E-state index contributed by atoms with van der Waals surface area (Å²) in [5.41, 5.74) is 2.12. The van der Waals surface area contributed by atoms with Crippen molar-refractivity contribution in [3.63, 3.8) is 0 Å². The van der Waals surface area contributed by atoms with Crippen LogP contribution in [0.5, 0.6) is 11.5 Å². The normalized spacial score (nSPS) is 13.5. The summed E-state index contributed by atoms with van der Waals surface area (Å²) in [4.78, 5) is 12.3. The summed E-state index contributed by atoms with van der Waals surface area (Å²) in [7, 11) is 0. The number of ether oxygens (including phenoxy) is 2. The Balaban J connectivity index is 1.28. The summed E-state index contributed by atoms with van der Waals surface area (Å²) in [5.74, 6) is 7.07. The molecule has 0 radical (unpaired) electrons. The van der Waals surface area contributed by atoms with Crippen molar-refractivity contribution in [1.29, 1.82) is 0 Å². The Labute approximate surface area is 174 Å². The summed E-state index contributed by atoms with van der Waals surface area (Å²) in [6.07, 6.45) is 2.32. The molecule has 0 atom stereocenters. The maximum Gasteiger partial charge on any atom is 0.252 e. The molecular formula is C22H21N5O3. The lowest BCUT2D eigenvalue weighted by molar-refractivity contribution is 0.0958. The summed E-state index contributed by atoms with van der Waals surface area (Å²) >= 11 is 0. The lowest BCUT2D eigenvalue weighted by Crippen LogP contribution is -2.24. The minimum Gasteiger partial charge on any atom is -0.483 e. The van der Waals surface area contributed by atoms with Crippen LogP contribution in [0.15, 0.2) is 48.8 Å². The fourth-order valence-electron chi connectivity index (χ4n) is 3.22. The molecule has 0 saturated carbocycles. The topological polar surface area (TPSA) is 91.2 Å². The van der Waals surface area contributed by atoms with Gasteiger partial charge in [-0.2, -0.15) is 0 Å². The van der Waals surface area contributed by atoms with Gasteiger partial charge in [0.25, 0.3) is 5.91 Å². The van der Waals surface area contributed by atoms with Crippen LogP contribution in [0.1, 0.15) is 29.8 Å². The van der Waals surface area contributed by atoms with E-state index in [-0.39, 0.29) is 24.7 Å². The summed E-state index contributed by atoms with van der Waals surface area (Å²) in [6.45, 7) is 4.54. The van der Waals surface area contributed by atoms with Gasteiger partial charge >= 0.3 is 0 Å². The molecule has 1 aliphatic rings. The largest absolute Gasteiger partial charge is 0.483 e. The van der Waals surface area contributed by atoms with Crippen LogP contribution in [-0.4, -0.2) is 44.9 Å². The molecule has 0 fully saturated rings. The van der Waals surface area contributed by atoms with Crippen molar-refractivity contribution >= 4 is 5.91 Å². The molecule has 0 aliphatic carbocycles. The second-order valence-electron chi connectivity index (χ2n) is 7.41. The van der Waals surface area contributed by atoms with E-state index in [1.807, 2.05) is 24.3 Å². The fraction of sp³-hybridized carbons (Fsp3) is 0.273. The monoisotopic (exact) mass is 403 g/mol. The molecule has 1 aromatic heterocycles. The number of rotatable bonds is 5. The van der Waals surface area contributed by atoms with Crippen LogP contribution < -0.4 is 14.8 Å². The van der Waals surface area contributed by atoms with Crippen LogP contribution in [0, 0.1) is 11.8 Å². The van der Waals surface area contributed by atoms with Gasteiger partial charge in [0.15, 0.2) is 11.5 Å². The third-order valence-electron chi connectivity index (χ3n) is 4.54. The molecule has 3 aromatic rings. The molecule has 0 spiro atoms. The number of nitrogens with zero attached hydrogens (tertiary/aromatic N) is 4. The van der Waals surface area contributed by atoms with Gasteiger partial charge in [-0.15, -0.1) is 5.10 Å². The molecule has 2 aromatic carbocycles. The van der Waals surface area contributed by atoms with Crippen LogP contribution in [0.25, 0.3) is 5.69 Å². The summed E-state index contributed by atoms with van der Waals surface area (Å²) in [6, 6.07) is 12.9. The smallest absolute Gasteiger partial charge is 0.252 e. The average Bonchev–Trinajstić information content (AvgIpc) is 3.37. The summed E-state index contributed by atoms with van der Waals surface area (Å²) in [5, 5.41) is 13.8. The predicted molar refractivity (Wildman–Crippen MR) is 110 cm³/mol. The SMILES string of the molecule is CC1(C)Cc2cccc(OCC#CCNC(=O)c3cccc(-n4cnnn4)c3)c2O1. The number of carbonyl (C=O) groups excluding carboxylic acids is 1. The van der Waals surface area contributed by atoms with Crippen LogP contribution in [0.4, 0.5) is 0 Å². The first-order chi connectivity index (χ1) is 14.5. The Morgan fingerprint density at radius 3 is 2.97 bits per heavy atom. The van der Waals surface area contributed by atoms with Gasteiger partial charge in [0, 0.05) is 17.5 Å². The minimum atomic E-state index is -0.225. The number of tetrazole rings is 1. The Morgan fingerprint density at radius 1 is 1.27 bits per heavy atom. The molecule has 4 rings (SSSR count). The van der Waals surface area contributed by atoms with E-state index in [0.717, 1.165) is 17.7 Å². The molecular weight excluding hydrogens is 382 g/mol. The highest BCUT2D eigenvalue weighted by Crippen LogP contribution is 2.41. The molecule has 1 aliphatic heterocycles. The molecule has 0 unspecified atom stereocenters. The molecule has 8 heteroatoms. The highest BCUT2D eigenvalue weighted by atomic mass is 16.5. The zero-order valence-electron chi connectivity index (χ0n) is 16.8. The van der Waals surface area contributed by atoms with Crippen molar-refractivity contribution in [2.45, 2.75) is 25.9 Å². The number of hydrogen-bond donors (Lipinski definition) is 1. The first-order valence-corrected chi connectivity index (χ1v) is 9.53. The second kappa shape index (κ2) is 8.25. The Morgan fingerprint density at radius 2 is 2.13 bits per heavy atom. The molecule has 2 heterocycles. The lowest BCUT2D eigenvalue weighted by Gasteiger charge is -2.17. The van der Waals surface area contributed by atoms with Gasteiger partial charge in [-0.05, 0) is 48.5 Å². The minimum absolute atomic E-state index is 0.213. The van der Waals surface area contributed by atoms with Crippen molar-refractivity contribution in [3.05, 3.63) is 59.9 Å². The van der Waals surface area contributed by atoms with Gasteiger partial charge in [-0.3, -0.25) is 4.79 Å². The van der Waals surface area contributed by atoms with Crippen molar-refractivity contribution in [1.82, 2.24) is 25.5 Å². The van der Waals surface area contributed by atoms with Crippen molar-refractivity contribution < 1.29 is 14.3 Å². The molecule has 30 heavy (non-hydrogen) atoms. The van der Waals surface area contributed by atoms with Crippen LogP contribution in [0.2, 0.25) is 0 Å². The summed E-state index contributed by atoms with van der Waals surface area (Å²) < 4.78 is 13.2. The van der Waals surface area contributed by atoms with Crippen molar-refractivity contribution in [2.24, 2.45) is 0 Å². The number of amides is 1. The van der Waals surface area contributed by atoms with Crippen LogP contribution in [-0.2, 0) is 6.42 Å². The van der Waals surface area contributed by atoms with Gasteiger partial charge in [0.2, 0.25) is 0 Å². The van der Waals surface area contributed by atoms with Gasteiger partial charge in [-0.25, -0.2) is 4.68 Å². The average molecular weight is 403 g/mol. The molecule has 1 amide bonds. The van der Waals surface area contributed by atoms with Crippen molar-refractivity contribution in [2.75, 3.05) is 13.2 Å². The number of nitrogens with one attached hydrogen (secondary N) is 1. The molecule has 1 N–H and O–H groups in total. The first-order valence-electron chi connectivity index (χ1n) is 9.53.